The summed E-state index contributed by atoms with van der Waals surface area (Å²) >= 11 is 0. The summed E-state index contributed by atoms with van der Waals surface area (Å²) in [5.41, 5.74) is -2.33. The first-order valence-corrected chi connectivity index (χ1v) is 6.41. The van der Waals surface area contributed by atoms with E-state index >= 15 is 0 Å². The molecule has 0 bridgehead atoms. The number of carboxylic acids is 1. The summed E-state index contributed by atoms with van der Waals surface area (Å²) < 4.78 is 39.1. The van der Waals surface area contributed by atoms with E-state index in [0.29, 0.717) is 0 Å². The van der Waals surface area contributed by atoms with Crippen molar-refractivity contribution in [2.24, 2.45) is 0 Å². The van der Waals surface area contributed by atoms with E-state index in [2.05, 4.69) is 4.98 Å². The Morgan fingerprint density at radius 2 is 1.91 bits per heavy atom. The summed E-state index contributed by atoms with van der Waals surface area (Å²) in [5, 5.41) is 9.02. The number of carbonyl (C=O) groups is 1. The molecule has 0 aliphatic carbocycles. The fourth-order valence-corrected chi connectivity index (χ4v) is 2.22. The van der Waals surface area contributed by atoms with Crippen LogP contribution in [0.3, 0.4) is 0 Å². The molecule has 2 rings (SSSR count). The molecule has 116 valence electrons. The second-order valence-electron chi connectivity index (χ2n) is 4.60. The van der Waals surface area contributed by atoms with Gasteiger partial charge in [0.1, 0.15) is 5.56 Å². The molecule has 1 heterocycles. The third-order valence-corrected chi connectivity index (χ3v) is 3.20. The number of aryl methyl sites for hydroxylation is 1. The van der Waals surface area contributed by atoms with E-state index < -0.39 is 28.7 Å². The summed E-state index contributed by atoms with van der Waals surface area (Å²) in [4.78, 5) is 25.6. The SMILES string of the molecule is CCc1[nH]c(-c2ccccc2C(F)(F)F)cc(=O)c1C(=O)O. The van der Waals surface area contributed by atoms with Crippen molar-refractivity contribution < 1.29 is 23.1 Å². The zero-order valence-electron chi connectivity index (χ0n) is 11.5. The number of benzene rings is 1. The largest absolute Gasteiger partial charge is 0.477 e. The number of halogens is 3. The van der Waals surface area contributed by atoms with Gasteiger partial charge in [0.15, 0.2) is 5.43 Å². The van der Waals surface area contributed by atoms with Gasteiger partial charge in [0, 0.05) is 17.3 Å². The predicted octanol–water partition coefficient (Wildman–Crippen LogP) is 3.32. The monoisotopic (exact) mass is 311 g/mol. The second-order valence-corrected chi connectivity index (χ2v) is 4.60. The third kappa shape index (κ3) is 2.88. The number of hydrogen-bond acceptors (Lipinski definition) is 2. The standard InChI is InChI=1S/C15H12F3NO3/c1-2-10-13(14(21)22)12(20)7-11(19-10)8-5-3-4-6-9(8)15(16,17)18/h3-7H,2H2,1H3,(H,19,20)(H,21,22). The topological polar surface area (TPSA) is 70.2 Å². The summed E-state index contributed by atoms with van der Waals surface area (Å²) in [6.07, 6.45) is -4.40. The Kier molecular flexibility index (Phi) is 4.07. The minimum Gasteiger partial charge on any atom is -0.477 e. The zero-order chi connectivity index (χ0) is 16.5. The van der Waals surface area contributed by atoms with Crippen LogP contribution in [0.15, 0.2) is 35.1 Å². The Morgan fingerprint density at radius 3 is 2.45 bits per heavy atom. The van der Waals surface area contributed by atoms with Crippen LogP contribution < -0.4 is 5.43 Å². The molecule has 0 amide bonds. The van der Waals surface area contributed by atoms with E-state index in [1.54, 1.807) is 6.92 Å². The molecule has 22 heavy (non-hydrogen) atoms. The first-order chi connectivity index (χ1) is 10.3. The predicted molar refractivity (Wildman–Crippen MR) is 73.8 cm³/mol. The molecule has 0 unspecified atom stereocenters. The minimum absolute atomic E-state index is 0.0558. The van der Waals surface area contributed by atoms with Crippen LogP contribution in [-0.4, -0.2) is 16.1 Å². The maximum absolute atomic E-state index is 13.0. The van der Waals surface area contributed by atoms with E-state index in [1.165, 1.54) is 18.2 Å². The van der Waals surface area contributed by atoms with Crippen LogP contribution in [-0.2, 0) is 12.6 Å². The molecule has 0 spiro atoms. The lowest BCUT2D eigenvalue weighted by atomic mass is 10.0. The number of aromatic carboxylic acids is 1. The Balaban J connectivity index is 2.73. The molecule has 0 fully saturated rings. The molecule has 0 aliphatic heterocycles. The zero-order valence-corrected chi connectivity index (χ0v) is 11.5. The van der Waals surface area contributed by atoms with Gasteiger partial charge in [0.25, 0.3) is 0 Å². The van der Waals surface area contributed by atoms with Crippen molar-refractivity contribution in [1.29, 1.82) is 0 Å². The second kappa shape index (κ2) is 5.67. The molecule has 2 N–H and O–H groups in total. The smallest absolute Gasteiger partial charge is 0.417 e. The summed E-state index contributed by atoms with van der Waals surface area (Å²) in [6, 6.07) is 5.68. The molecule has 7 heteroatoms. The number of aromatic amines is 1. The lowest BCUT2D eigenvalue weighted by molar-refractivity contribution is -0.137. The Labute approximate surface area is 123 Å². The van der Waals surface area contributed by atoms with Crippen molar-refractivity contribution in [2.45, 2.75) is 19.5 Å². The first-order valence-electron chi connectivity index (χ1n) is 6.41. The summed E-state index contributed by atoms with van der Waals surface area (Å²) in [7, 11) is 0. The van der Waals surface area contributed by atoms with Gasteiger partial charge in [-0.25, -0.2) is 4.79 Å². The van der Waals surface area contributed by atoms with E-state index in [4.69, 9.17) is 5.11 Å². The van der Waals surface area contributed by atoms with Crippen LogP contribution in [0, 0.1) is 0 Å². The van der Waals surface area contributed by atoms with Crippen molar-refractivity contribution in [3.63, 3.8) is 0 Å². The molecule has 1 aromatic carbocycles. The lowest BCUT2D eigenvalue weighted by Gasteiger charge is -2.14. The average Bonchev–Trinajstić information content (AvgIpc) is 2.45. The molecule has 0 aliphatic rings. The number of hydrogen-bond donors (Lipinski definition) is 2. The highest BCUT2D eigenvalue weighted by atomic mass is 19.4. The Hall–Kier alpha value is -2.57. The Morgan fingerprint density at radius 1 is 1.27 bits per heavy atom. The van der Waals surface area contributed by atoms with E-state index in [0.717, 1.165) is 12.1 Å². The average molecular weight is 311 g/mol. The molecule has 0 saturated heterocycles. The molecule has 1 aromatic heterocycles. The summed E-state index contributed by atoms with van der Waals surface area (Å²) in [5.74, 6) is -1.41. The minimum atomic E-state index is -4.58. The third-order valence-electron chi connectivity index (χ3n) is 3.20. The number of alkyl halides is 3. The van der Waals surface area contributed by atoms with Crippen LogP contribution in [0.1, 0.15) is 28.5 Å². The summed E-state index contributed by atoms with van der Waals surface area (Å²) in [6.45, 7) is 1.61. The highest BCUT2D eigenvalue weighted by Gasteiger charge is 2.33. The molecule has 0 saturated carbocycles. The number of pyridine rings is 1. The van der Waals surface area contributed by atoms with Gasteiger partial charge in [0.05, 0.1) is 11.3 Å². The van der Waals surface area contributed by atoms with Crippen LogP contribution in [0.25, 0.3) is 11.3 Å². The van der Waals surface area contributed by atoms with Gasteiger partial charge in [-0.1, -0.05) is 25.1 Å². The van der Waals surface area contributed by atoms with E-state index in [9.17, 15) is 22.8 Å². The van der Waals surface area contributed by atoms with Crippen molar-refractivity contribution in [1.82, 2.24) is 4.98 Å². The number of carboxylic acid groups (broad SMARTS) is 1. The van der Waals surface area contributed by atoms with E-state index in [-0.39, 0.29) is 23.4 Å². The van der Waals surface area contributed by atoms with Crippen molar-refractivity contribution in [3.05, 3.63) is 57.4 Å². The number of aromatic nitrogens is 1. The van der Waals surface area contributed by atoms with Crippen molar-refractivity contribution in [3.8, 4) is 11.3 Å². The Bertz CT molecular complexity index is 778. The quantitative estimate of drug-likeness (QED) is 0.913. The molecule has 0 radical (unpaired) electrons. The lowest BCUT2D eigenvalue weighted by Crippen LogP contribution is -2.19. The highest BCUT2D eigenvalue weighted by molar-refractivity contribution is 5.89. The maximum atomic E-state index is 13.0. The van der Waals surface area contributed by atoms with Crippen molar-refractivity contribution >= 4 is 5.97 Å². The maximum Gasteiger partial charge on any atom is 0.417 e. The fraction of sp³-hybridized carbons (Fsp3) is 0.200. The molecular weight excluding hydrogens is 299 g/mol. The van der Waals surface area contributed by atoms with Gasteiger partial charge >= 0.3 is 12.1 Å². The number of nitrogens with one attached hydrogen (secondary N) is 1. The molecule has 2 aromatic rings. The van der Waals surface area contributed by atoms with Crippen LogP contribution in [0.4, 0.5) is 13.2 Å². The molecule has 4 nitrogen and oxygen atoms in total. The van der Waals surface area contributed by atoms with Crippen molar-refractivity contribution in [2.75, 3.05) is 0 Å². The van der Waals surface area contributed by atoms with E-state index in [1.807, 2.05) is 0 Å². The van der Waals surface area contributed by atoms with Gasteiger partial charge in [-0.3, -0.25) is 4.79 Å². The van der Waals surface area contributed by atoms with Gasteiger partial charge < -0.3 is 10.1 Å². The molecule has 0 atom stereocenters. The van der Waals surface area contributed by atoms with Gasteiger partial charge in [-0.2, -0.15) is 13.2 Å². The van der Waals surface area contributed by atoms with Gasteiger partial charge in [0.2, 0.25) is 0 Å². The normalized spacial score (nSPS) is 11.5. The first kappa shape index (κ1) is 15.8. The molecular formula is C15H12F3NO3. The fourth-order valence-electron chi connectivity index (χ4n) is 2.22. The highest BCUT2D eigenvalue weighted by Crippen LogP contribution is 2.36. The number of rotatable bonds is 3. The van der Waals surface area contributed by atoms with Crippen LogP contribution in [0.2, 0.25) is 0 Å². The van der Waals surface area contributed by atoms with Gasteiger partial charge in [-0.15, -0.1) is 0 Å². The van der Waals surface area contributed by atoms with Gasteiger partial charge in [-0.05, 0) is 12.5 Å². The van der Waals surface area contributed by atoms with Crippen LogP contribution in [0.5, 0.6) is 0 Å². The van der Waals surface area contributed by atoms with Crippen LogP contribution >= 0.6 is 0 Å². The number of H-pyrrole nitrogens is 1.